The van der Waals surface area contributed by atoms with Crippen molar-refractivity contribution in [2.75, 3.05) is 35.6 Å². The summed E-state index contributed by atoms with van der Waals surface area (Å²) in [6.07, 6.45) is 4.61. The Kier molecular flexibility index (Phi) is 7.15. The number of nitrogen functional groups attached to an aromatic ring is 1. The van der Waals surface area contributed by atoms with Crippen molar-refractivity contribution in [3.8, 4) is 0 Å². The van der Waals surface area contributed by atoms with Gasteiger partial charge in [-0.05, 0) is 52.9 Å². The zero-order valence-corrected chi connectivity index (χ0v) is 23.0. The van der Waals surface area contributed by atoms with E-state index < -0.39 is 0 Å². The fraction of sp³-hybridized carbons (Fsp3) is 0.273. The number of benzene rings is 3. The van der Waals surface area contributed by atoms with Crippen LogP contribution >= 0.6 is 0 Å². The molecule has 6 heteroatoms. The van der Waals surface area contributed by atoms with Crippen LogP contribution in [0.1, 0.15) is 53.4 Å². The molecule has 2 aliphatic rings. The molecule has 2 amide bonds. The summed E-state index contributed by atoms with van der Waals surface area (Å²) in [5.74, 6) is -0.121. The zero-order chi connectivity index (χ0) is 27.7. The van der Waals surface area contributed by atoms with Crippen molar-refractivity contribution in [3.63, 3.8) is 0 Å². The third-order valence-electron chi connectivity index (χ3n) is 7.82. The number of anilines is 3. The van der Waals surface area contributed by atoms with E-state index in [0.717, 1.165) is 65.3 Å². The van der Waals surface area contributed by atoms with Crippen molar-refractivity contribution >= 4 is 34.4 Å². The van der Waals surface area contributed by atoms with Gasteiger partial charge in [-0.15, -0.1) is 0 Å². The van der Waals surface area contributed by atoms with Crippen LogP contribution in [0.2, 0.25) is 0 Å². The lowest BCUT2D eigenvalue weighted by Crippen LogP contribution is -2.33. The van der Waals surface area contributed by atoms with Gasteiger partial charge in [0.15, 0.2) is 0 Å². The van der Waals surface area contributed by atoms with Crippen molar-refractivity contribution in [2.45, 2.75) is 39.2 Å². The van der Waals surface area contributed by atoms with E-state index in [1.165, 1.54) is 0 Å². The number of para-hydroxylation sites is 1. The average molecular weight is 521 g/mol. The Labute approximate surface area is 230 Å². The van der Waals surface area contributed by atoms with Crippen LogP contribution in [-0.2, 0) is 23.2 Å². The van der Waals surface area contributed by atoms with Gasteiger partial charge in [-0.2, -0.15) is 0 Å². The van der Waals surface area contributed by atoms with Crippen LogP contribution in [0.4, 0.5) is 17.1 Å². The van der Waals surface area contributed by atoms with Crippen LogP contribution in [-0.4, -0.2) is 36.3 Å². The van der Waals surface area contributed by atoms with E-state index in [1.54, 1.807) is 17.9 Å². The van der Waals surface area contributed by atoms with Crippen LogP contribution in [0.3, 0.4) is 0 Å². The van der Waals surface area contributed by atoms with Crippen LogP contribution < -0.4 is 16.0 Å². The van der Waals surface area contributed by atoms with Gasteiger partial charge in [0.25, 0.3) is 5.91 Å². The van der Waals surface area contributed by atoms with E-state index in [2.05, 4.69) is 36.7 Å². The molecule has 6 nitrogen and oxygen atoms in total. The molecule has 3 aromatic rings. The average Bonchev–Trinajstić information content (AvgIpc) is 3.18. The first-order valence-corrected chi connectivity index (χ1v) is 13.4. The van der Waals surface area contributed by atoms with Gasteiger partial charge in [0.05, 0.1) is 0 Å². The van der Waals surface area contributed by atoms with Crippen molar-refractivity contribution in [3.05, 3.63) is 107 Å². The maximum absolute atomic E-state index is 13.5. The summed E-state index contributed by atoms with van der Waals surface area (Å²) in [5.41, 5.74) is 14.7. The molecule has 2 aliphatic heterocycles. The second kappa shape index (κ2) is 10.5. The van der Waals surface area contributed by atoms with Crippen molar-refractivity contribution in [2.24, 2.45) is 0 Å². The summed E-state index contributed by atoms with van der Waals surface area (Å²) in [5, 5.41) is 3.09. The van der Waals surface area contributed by atoms with Crippen LogP contribution in [0.15, 0.2) is 79.4 Å². The summed E-state index contributed by atoms with van der Waals surface area (Å²) in [7, 11) is 0. The predicted molar refractivity (Wildman–Crippen MR) is 160 cm³/mol. The van der Waals surface area contributed by atoms with Crippen LogP contribution in [0, 0.1) is 0 Å². The van der Waals surface area contributed by atoms with Crippen molar-refractivity contribution in [1.82, 2.24) is 4.90 Å². The molecule has 0 atom stereocenters. The first-order valence-electron chi connectivity index (χ1n) is 13.4. The van der Waals surface area contributed by atoms with E-state index in [1.807, 2.05) is 60.7 Å². The third kappa shape index (κ3) is 5.25. The number of rotatable bonds is 6. The molecule has 0 spiro atoms. The smallest absolute Gasteiger partial charge is 0.255 e. The maximum atomic E-state index is 13.5. The topological polar surface area (TPSA) is 78.7 Å². The molecule has 0 aromatic heterocycles. The molecule has 0 unspecified atom stereocenters. The van der Waals surface area contributed by atoms with Crippen molar-refractivity contribution in [1.29, 1.82) is 0 Å². The number of nitrogens with one attached hydrogen (secondary N) is 1. The molecule has 0 aliphatic carbocycles. The molecule has 3 N–H and O–H groups in total. The summed E-state index contributed by atoms with van der Waals surface area (Å²) in [6, 6.07) is 19.7. The molecule has 3 aromatic carbocycles. The quantitative estimate of drug-likeness (QED) is 0.318. The fourth-order valence-corrected chi connectivity index (χ4v) is 5.87. The summed E-state index contributed by atoms with van der Waals surface area (Å²) in [4.78, 5) is 29.9. The Balaban J connectivity index is 1.34. The van der Waals surface area contributed by atoms with Gasteiger partial charge < -0.3 is 16.0 Å². The van der Waals surface area contributed by atoms with E-state index in [4.69, 9.17) is 5.73 Å². The number of hydrogen-bond donors (Lipinski definition) is 2. The number of allylic oxidation sites excluding steroid dienone is 2. The molecule has 0 bridgehead atoms. The summed E-state index contributed by atoms with van der Waals surface area (Å²) >= 11 is 0. The van der Waals surface area contributed by atoms with Gasteiger partial charge in [0.2, 0.25) is 5.91 Å². The Bertz CT molecular complexity index is 1490. The molecule has 39 heavy (non-hydrogen) atoms. The number of nitrogens with zero attached hydrogens (tertiary/aromatic N) is 2. The summed E-state index contributed by atoms with van der Waals surface area (Å²) in [6.45, 7) is 12.7. The van der Waals surface area contributed by atoms with Gasteiger partial charge >= 0.3 is 0 Å². The number of nitrogens with two attached hydrogens (primary N) is 1. The highest BCUT2D eigenvalue weighted by atomic mass is 16.2. The molecule has 0 saturated carbocycles. The molecular weight excluding hydrogens is 484 g/mol. The van der Waals surface area contributed by atoms with E-state index in [9.17, 15) is 9.59 Å². The van der Waals surface area contributed by atoms with Crippen LogP contribution in [0.5, 0.6) is 0 Å². The lowest BCUT2D eigenvalue weighted by Gasteiger charge is -2.31. The maximum Gasteiger partial charge on any atom is 0.255 e. The lowest BCUT2D eigenvalue weighted by molar-refractivity contribution is -0.116. The minimum absolute atomic E-state index is 0.00743. The monoisotopic (exact) mass is 520 g/mol. The molecule has 0 radical (unpaired) electrons. The zero-order valence-electron chi connectivity index (χ0n) is 23.0. The number of hydrogen-bond acceptors (Lipinski definition) is 4. The minimum atomic E-state index is -0.129. The Morgan fingerprint density at radius 3 is 2.59 bits per heavy atom. The standard InChI is InChI=1S/C33H36N4O2/c1-5-9-23(27-11-6-7-13-30(27)34)19-36-17-16-26-24(20-36)10-8-12-28(26)32(39)35-25-14-15-29-31(18-25)37(22(2)38)21-33(29,3)4/h5-15,18H,1,16-17,19-21,34H2,2-4H3,(H,35,39)/b23-9-. The first-order chi connectivity index (χ1) is 18.7. The van der Waals surface area contributed by atoms with Gasteiger partial charge in [-0.3, -0.25) is 14.5 Å². The SMILES string of the molecule is C=C/C=C(/CN1CCc2c(cccc2C(=O)Nc2ccc3c(c2)N(C(C)=O)CC3(C)C)C1)c1ccccc1N. The number of carbonyl (C=O) groups excluding carboxylic acids is 2. The van der Waals surface area contributed by atoms with Crippen LogP contribution in [0.25, 0.3) is 5.57 Å². The number of fused-ring (bicyclic) bond motifs is 2. The van der Waals surface area contributed by atoms with Gasteiger partial charge in [0.1, 0.15) is 0 Å². The Hall–Kier alpha value is -4.16. The molecule has 5 rings (SSSR count). The molecule has 2 heterocycles. The first kappa shape index (κ1) is 26.4. The second-order valence-electron chi connectivity index (χ2n) is 11.1. The lowest BCUT2D eigenvalue weighted by atomic mass is 9.87. The molecule has 200 valence electrons. The highest BCUT2D eigenvalue weighted by Gasteiger charge is 2.37. The summed E-state index contributed by atoms with van der Waals surface area (Å²) < 4.78 is 0. The molecule has 0 fully saturated rings. The van der Waals surface area contributed by atoms with Crippen molar-refractivity contribution < 1.29 is 9.59 Å². The minimum Gasteiger partial charge on any atom is -0.398 e. The third-order valence-corrected chi connectivity index (χ3v) is 7.82. The Morgan fingerprint density at radius 2 is 1.85 bits per heavy atom. The van der Waals surface area contributed by atoms with E-state index in [0.29, 0.717) is 17.8 Å². The van der Waals surface area contributed by atoms with E-state index >= 15 is 0 Å². The highest BCUT2D eigenvalue weighted by Crippen LogP contribution is 2.42. The largest absolute Gasteiger partial charge is 0.398 e. The second-order valence-corrected chi connectivity index (χ2v) is 11.1. The number of amides is 2. The number of carbonyl (C=O) groups is 2. The highest BCUT2D eigenvalue weighted by molar-refractivity contribution is 6.06. The van der Waals surface area contributed by atoms with Gasteiger partial charge in [-0.25, -0.2) is 0 Å². The molecule has 0 saturated heterocycles. The fourth-order valence-electron chi connectivity index (χ4n) is 5.87. The van der Waals surface area contributed by atoms with E-state index in [-0.39, 0.29) is 17.2 Å². The normalized spacial score (nSPS) is 16.4. The predicted octanol–water partition coefficient (Wildman–Crippen LogP) is 5.79. The van der Waals surface area contributed by atoms with Gasteiger partial charge in [0, 0.05) is 66.7 Å². The molecular formula is C33H36N4O2. The van der Waals surface area contributed by atoms with Gasteiger partial charge in [-0.1, -0.05) is 69.0 Å². The Morgan fingerprint density at radius 1 is 1.08 bits per heavy atom.